The Morgan fingerprint density at radius 3 is 2.67 bits per heavy atom. The molecule has 4 heteroatoms. The number of anilines is 1. The van der Waals surface area contributed by atoms with Crippen molar-refractivity contribution >= 4 is 11.6 Å². The highest BCUT2D eigenvalue weighted by atomic mass is 16.5. The fraction of sp³-hybridized carbons (Fsp3) is 0.588. The van der Waals surface area contributed by atoms with Gasteiger partial charge in [0, 0.05) is 12.0 Å². The van der Waals surface area contributed by atoms with E-state index in [9.17, 15) is 4.79 Å². The first-order valence-corrected chi connectivity index (χ1v) is 7.74. The molecule has 4 nitrogen and oxygen atoms in total. The zero-order chi connectivity index (χ0) is 15.8. The Kier molecular flexibility index (Phi) is 7.23. The smallest absolute Gasteiger partial charge is 0.227 e. The van der Waals surface area contributed by atoms with E-state index in [0.29, 0.717) is 6.61 Å². The van der Waals surface area contributed by atoms with Gasteiger partial charge in [-0.3, -0.25) is 4.79 Å². The van der Waals surface area contributed by atoms with Crippen LogP contribution in [0.15, 0.2) is 18.2 Å². The van der Waals surface area contributed by atoms with Crippen LogP contribution in [-0.2, 0) is 4.79 Å². The van der Waals surface area contributed by atoms with E-state index in [-0.39, 0.29) is 17.9 Å². The summed E-state index contributed by atoms with van der Waals surface area (Å²) in [4.78, 5) is 12.2. The van der Waals surface area contributed by atoms with E-state index >= 15 is 0 Å². The van der Waals surface area contributed by atoms with Crippen LogP contribution in [0.5, 0.6) is 5.75 Å². The summed E-state index contributed by atoms with van der Waals surface area (Å²) in [6.07, 6.45) is 2.77. The van der Waals surface area contributed by atoms with Crippen LogP contribution in [0.1, 0.15) is 45.6 Å². The maximum atomic E-state index is 12.2. The molecule has 1 aromatic carbocycles. The van der Waals surface area contributed by atoms with Crippen LogP contribution in [0.2, 0.25) is 0 Å². The van der Waals surface area contributed by atoms with E-state index in [1.807, 2.05) is 45.9 Å². The zero-order valence-corrected chi connectivity index (χ0v) is 13.6. The molecule has 21 heavy (non-hydrogen) atoms. The molecular formula is C17H28N2O2. The average molecular weight is 292 g/mol. The van der Waals surface area contributed by atoms with Gasteiger partial charge < -0.3 is 15.8 Å². The number of amides is 1. The number of nitrogens with one attached hydrogen (secondary N) is 1. The minimum atomic E-state index is -0.0282. The SMILES string of the molecule is CCOc1cc(C)ccc1NC(=O)C(C)CCCC(C)N. The fourth-order valence-electron chi connectivity index (χ4n) is 2.14. The summed E-state index contributed by atoms with van der Waals surface area (Å²) in [5.74, 6) is 0.734. The number of aryl methyl sites for hydroxylation is 1. The molecule has 1 aromatic rings. The maximum absolute atomic E-state index is 12.2. The zero-order valence-electron chi connectivity index (χ0n) is 13.6. The largest absolute Gasteiger partial charge is 0.492 e. The van der Waals surface area contributed by atoms with Gasteiger partial charge in [-0.15, -0.1) is 0 Å². The third-order valence-corrected chi connectivity index (χ3v) is 3.44. The highest BCUT2D eigenvalue weighted by Crippen LogP contribution is 2.26. The van der Waals surface area contributed by atoms with Crippen LogP contribution in [0.4, 0.5) is 5.69 Å². The second-order valence-corrected chi connectivity index (χ2v) is 5.73. The van der Waals surface area contributed by atoms with Crippen LogP contribution in [0.3, 0.4) is 0 Å². The second kappa shape index (κ2) is 8.67. The third-order valence-electron chi connectivity index (χ3n) is 3.44. The van der Waals surface area contributed by atoms with Gasteiger partial charge in [0.1, 0.15) is 5.75 Å². The Labute approximate surface area is 128 Å². The van der Waals surface area contributed by atoms with Gasteiger partial charge in [0.2, 0.25) is 5.91 Å². The number of rotatable bonds is 8. The van der Waals surface area contributed by atoms with E-state index in [4.69, 9.17) is 10.5 Å². The molecule has 0 aliphatic carbocycles. The van der Waals surface area contributed by atoms with Crippen molar-refractivity contribution < 1.29 is 9.53 Å². The van der Waals surface area contributed by atoms with Crippen molar-refractivity contribution in [2.75, 3.05) is 11.9 Å². The van der Waals surface area contributed by atoms with Gasteiger partial charge in [-0.1, -0.05) is 19.4 Å². The molecule has 118 valence electrons. The predicted octanol–water partition coefficient (Wildman–Crippen LogP) is 3.49. The molecule has 0 fully saturated rings. The van der Waals surface area contributed by atoms with Gasteiger partial charge in [0.05, 0.1) is 12.3 Å². The van der Waals surface area contributed by atoms with Crippen molar-refractivity contribution in [2.45, 2.75) is 53.0 Å². The lowest BCUT2D eigenvalue weighted by Crippen LogP contribution is -2.22. The molecule has 2 unspecified atom stereocenters. The first-order valence-electron chi connectivity index (χ1n) is 7.74. The fourth-order valence-corrected chi connectivity index (χ4v) is 2.14. The minimum Gasteiger partial charge on any atom is -0.492 e. The van der Waals surface area contributed by atoms with Crippen LogP contribution in [-0.4, -0.2) is 18.6 Å². The van der Waals surface area contributed by atoms with E-state index in [1.165, 1.54) is 0 Å². The molecular weight excluding hydrogens is 264 g/mol. The van der Waals surface area contributed by atoms with Gasteiger partial charge in [0.25, 0.3) is 0 Å². The Morgan fingerprint density at radius 1 is 1.33 bits per heavy atom. The lowest BCUT2D eigenvalue weighted by molar-refractivity contribution is -0.119. The normalized spacial score (nSPS) is 13.6. The van der Waals surface area contributed by atoms with Gasteiger partial charge >= 0.3 is 0 Å². The summed E-state index contributed by atoms with van der Waals surface area (Å²) in [7, 11) is 0. The molecule has 1 amide bonds. The number of hydrogen-bond donors (Lipinski definition) is 2. The van der Waals surface area contributed by atoms with Gasteiger partial charge in [-0.05, 0) is 51.3 Å². The molecule has 0 aliphatic rings. The molecule has 0 radical (unpaired) electrons. The molecule has 0 saturated heterocycles. The lowest BCUT2D eigenvalue weighted by atomic mass is 10.0. The third kappa shape index (κ3) is 6.17. The van der Waals surface area contributed by atoms with Crippen LogP contribution < -0.4 is 15.8 Å². The van der Waals surface area contributed by atoms with Crippen molar-refractivity contribution in [1.29, 1.82) is 0 Å². The molecule has 0 heterocycles. The summed E-state index contributed by atoms with van der Waals surface area (Å²) < 4.78 is 5.58. The number of carbonyl (C=O) groups excluding carboxylic acids is 1. The van der Waals surface area contributed by atoms with Crippen molar-refractivity contribution in [1.82, 2.24) is 0 Å². The monoisotopic (exact) mass is 292 g/mol. The van der Waals surface area contributed by atoms with E-state index in [0.717, 1.165) is 36.3 Å². The average Bonchev–Trinajstić information content (AvgIpc) is 2.41. The number of carbonyl (C=O) groups is 1. The first kappa shape index (κ1) is 17.5. The molecule has 0 aromatic heterocycles. The minimum absolute atomic E-state index is 0.0282. The molecule has 0 spiro atoms. The van der Waals surface area contributed by atoms with Crippen LogP contribution in [0.25, 0.3) is 0 Å². The van der Waals surface area contributed by atoms with Crippen molar-refractivity contribution in [2.24, 2.45) is 11.7 Å². The number of benzene rings is 1. The van der Waals surface area contributed by atoms with Crippen LogP contribution in [0, 0.1) is 12.8 Å². The van der Waals surface area contributed by atoms with E-state index in [1.54, 1.807) is 0 Å². The van der Waals surface area contributed by atoms with Gasteiger partial charge in [-0.2, -0.15) is 0 Å². The maximum Gasteiger partial charge on any atom is 0.227 e. The van der Waals surface area contributed by atoms with Crippen molar-refractivity contribution in [3.63, 3.8) is 0 Å². The topological polar surface area (TPSA) is 64.3 Å². The Morgan fingerprint density at radius 2 is 2.05 bits per heavy atom. The van der Waals surface area contributed by atoms with Gasteiger partial charge in [0.15, 0.2) is 0 Å². The Bertz CT molecular complexity index is 458. The highest BCUT2D eigenvalue weighted by molar-refractivity contribution is 5.93. The molecule has 0 saturated carbocycles. The molecule has 0 aliphatic heterocycles. The summed E-state index contributed by atoms with van der Waals surface area (Å²) in [6.45, 7) is 8.46. The number of nitrogens with two attached hydrogens (primary N) is 1. The van der Waals surface area contributed by atoms with Gasteiger partial charge in [-0.25, -0.2) is 0 Å². The first-order chi connectivity index (χ1) is 9.93. The quantitative estimate of drug-likeness (QED) is 0.771. The standard InChI is InChI=1S/C17H28N2O2/c1-5-21-16-11-12(2)9-10-15(16)19-17(20)13(3)7-6-8-14(4)18/h9-11,13-14H,5-8,18H2,1-4H3,(H,19,20). The molecule has 3 N–H and O–H groups in total. The Balaban J connectivity index is 2.61. The van der Waals surface area contributed by atoms with Crippen molar-refractivity contribution in [3.05, 3.63) is 23.8 Å². The van der Waals surface area contributed by atoms with Crippen molar-refractivity contribution in [3.8, 4) is 5.75 Å². The van der Waals surface area contributed by atoms with E-state index < -0.39 is 0 Å². The summed E-state index contributed by atoms with van der Waals surface area (Å²) >= 11 is 0. The number of hydrogen-bond acceptors (Lipinski definition) is 3. The Hall–Kier alpha value is -1.55. The molecule has 1 rings (SSSR count). The lowest BCUT2D eigenvalue weighted by Gasteiger charge is -2.16. The van der Waals surface area contributed by atoms with Crippen LogP contribution >= 0.6 is 0 Å². The summed E-state index contributed by atoms with van der Waals surface area (Å²) in [5, 5.41) is 2.97. The molecule has 0 bridgehead atoms. The number of ether oxygens (including phenoxy) is 1. The molecule has 2 atom stereocenters. The summed E-state index contributed by atoms with van der Waals surface area (Å²) in [6, 6.07) is 6.01. The van der Waals surface area contributed by atoms with E-state index in [2.05, 4.69) is 5.32 Å². The second-order valence-electron chi connectivity index (χ2n) is 5.73. The summed E-state index contributed by atoms with van der Waals surface area (Å²) in [5.41, 5.74) is 7.58. The predicted molar refractivity (Wildman–Crippen MR) is 87.6 cm³/mol. The highest BCUT2D eigenvalue weighted by Gasteiger charge is 2.15.